The Hall–Kier alpha value is -3.80. The topological polar surface area (TPSA) is 98.7 Å². The van der Waals surface area contributed by atoms with Crippen molar-refractivity contribution in [2.45, 2.75) is 65.2 Å². The van der Waals surface area contributed by atoms with Crippen LogP contribution in [0.5, 0.6) is 11.5 Å². The maximum absolute atomic E-state index is 13.1. The second kappa shape index (κ2) is 12.2. The lowest BCUT2D eigenvalue weighted by Crippen LogP contribution is -2.17. The van der Waals surface area contributed by atoms with Crippen LogP contribution in [0.3, 0.4) is 0 Å². The van der Waals surface area contributed by atoms with Crippen LogP contribution in [0, 0.1) is 0 Å². The molecular formula is C30H36N2O4. The highest BCUT2D eigenvalue weighted by Gasteiger charge is 2.21. The molecule has 6 heteroatoms. The van der Waals surface area contributed by atoms with Gasteiger partial charge in [-0.15, -0.1) is 0 Å². The molecule has 2 amide bonds. The molecule has 0 radical (unpaired) electrons. The quantitative estimate of drug-likeness (QED) is 0.239. The second-order valence-corrected chi connectivity index (χ2v) is 9.32. The Bertz CT molecular complexity index is 1130. The smallest absolute Gasteiger partial charge is 0.259 e. The predicted molar refractivity (Wildman–Crippen MR) is 145 cm³/mol. The number of hydrogen-bond donors (Lipinski definition) is 4. The molecule has 3 aromatic carbocycles. The summed E-state index contributed by atoms with van der Waals surface area (Å²) in [5.41, 5.74) is 2.59. The number of carbonyl (C=O) groups excluding carboxylic acids is 2. The van der Waals surface area contributed by atoms with Gasteiger partial charge in [0.25, 0.3) is 11.8 Å². The summed E-state index contributed by atoms with van der Waals surface area (Å²) < 4.78 is 0. The Morgan fingerprint density at radius 3 is 1.42 bits per heavy atom. The summed E-state index contributed by atoms with van der Waals surface area (Å²) in [5.74, 6) is -0.757. The van der Waals surface area contributed by atoms with Crippen LogP contribution in [0.1, 0.15) is 97.1 Å². The molecular weight excluding hydrogens is 452 g/mol. The molecule has 2 unspecified atom stereocenters. The molecule has 0 aliphatic heterocycles. The maximum atomic E-state index is 13.1. The van der Waals surface area contributed by atoms with E-state index in [1.54, 1.807) is 48.5 Å². The fraction of sp³-hybridized carbons (Fsp3) is 0.333. The number of rotatable bonds is 10. The van der Waals surface area contributed by atoms with Crippen LogP contribution in [-0.2, 0) is 0 Å². The molecule has 0 aliphatic rings. The van der Waals surface area contributed by atoms with Crippen molar-refractivity contribution < 1.29 is 19.8 Å². The third-order valence-corrected chi connectivity index (χ3v) is 6.55. The minimum Gasteiger partial charge on any atom is -0.507 e. The van der Waals surface area contributed by atoms with Gasteiger partial charge in [-0.25, -0.2) is 0 Å². The van der Waals surface area contributed by atoms with Crippen molar-refractivity contribution in [2.24, 2.45) is 0 Å². The Labute approximate surface area is 213 Å². The number of nitrogens with one attached hydrogen (secondary N) is 2. The van der Waals surface area contributed by atoms with Crippen LogP contribution in [0.15, 0.2) is 60.7 Å². The predicted octanol–water partition coefficient (Wildman–Crippen LogP) is 7.41. The standard InChI is InChI=1S/C30H36N2O4/c1-5-11-19(3)21-13-9-15-23(27(21)33)29(35)31-25-17-7-8-18-26(25)32-30(36)24-16-10-14-22(28(24)34)20(4)12-6-2/h7-10,13-20,33-34H,5-6,11-12H2,1-4H3,(H,31,35)(H,32,36). The highest BCUT2D eigenvalue weighted by Crippen LogP contribution is 2.34. The van der Waals surface area contributed by atoms with Gasteiger partial charge in [0.15, 0.2) is 0 Å². The number of amides is 2. The lowest BCUT2D eigenvalue weighted by atomic mass is 9.93. The van der Waals surface area contributed by atoms with E-state index < -0.39 is 11.8 Å². The lowest BCUT2D eigenvalue weighted by Gasteiger charge is -2.17. The Balaban J connectivity index is 1.83. The molecule has 2 atom stereocenters. The summed E-state index contributed by atoms with van der Waals surface area (Å²) in [7, 11) is 0. The van der Waals surface area contributed by atoms with E-state index in [0.29, 0.717) is 11.4 Å². The number of hydrogen-bond acceptors (Lipinski definition) is 4. The molecule has 36 heavy (non-hydrogen) atoms. The normalized spacial score (nSPS) is 12.6. The van der Waals surface area contributed by atoms with Gasteiger partial charge in [-0.2, -0.15) is 0 Å². The van der Waals surface area contributed by atoms with Gasteiger partial charge in [0.2, 0.25) is 0 Å². The van der Waals surface area contributed by atoms with E-state index in [1.165, 1.54) is 0 Å². The average Bonchev–Trinajstić information content (AvgIpc) is 2.85. The molecule has 0 fully saturated rings. The zero-order valence-corrected chi connectivity index (χ0v) is 21.5. The first-order valence-corrected chi connectivity index (χ1v) is 12.6. The number of aromatic hydroxyl groups is 2. The number of anilines is 2. The Morgan fingerprint density at radius 1 is 0.667 bits per heavy atom. The molecule has 4 N–H and O–H groups in total. The third-order valence-electron chi connectivity index (χ3n) is 6.55. The zero-order valence-electron chi connectivity index (χ0n) is 21.5. The SMILES string of the molecule is CCCC(C)c1cccc(C(=O)Nc2ccccc2NC(=O)c2cccc(C(C)CCC)c2O)c1O. The summed E-state index contributed by atoms with van der Waals surface area (Å²) in [4.78, 5) is 26.2. The minimum atomic E-state index is -0.474. The molecule has 0 aromatic heterocycles. The number of phenols is 2. The van der Waals surface area contributed by atoms with Gasteiger partial charge in [0.1, 0.15) is 11.5 Å². The van der Waals surface area contributed by atoms with Gasteiger partial charge in [-0.1, -0.05) is 76.9 Å². The van der Waals surface area contributed by atoms with Gasteiger partial charge in [-0.3, -0.25) is 9.59 Å². The average molecular weight is 489 g/mol. The minimum absolute atomic E-state index is 0.0274. The molecule has 0 heterocycles. The van der Waals surface area contributed by atoms with Crippen LogP contribution in [0.2, 0.25) is 0 Å². The maximum Gasteiger partial charge on any atom is 0.259 e. The van der Waals surface area contributed by atoms with Crippen LogP contribution >= 0.6 is 0 Å². The fourth-order valence-corrected chi connectivity index (χ4v) is 4.54. The molecule has 0 saturated heterocycles. The molecule has 3 rings (SSSR count). The van der Waals surface area contributed by atoms with Crippen molar-refractivity contribution in [2.75, 3.05) is 10.6 Å². The molecule has 6 nitrogen and oxygen atoms in total. The van der Waals surface area contributed by atoms with Crippen molar-refractivity contribution in [1.82, 2.24) is 0 Å². The highest BCUT2D eigenvalue weighted by molar-refractivity contribution is 6.11. The van der Waals surface area contributed by atoms with E-state index in [0.717, 1.165) is 36.8 Å². The number of carbonyl (C=O) groups is 2. The summed E-state index contributed by atoms with van der Waals surface area (Å²) >= 11 is 0. The summed E-state index contributed by atoms with van der Waals surface area (Å²) in [6.45, 7) is 8.21. The van der Waals surface area contributed by atoms with Crippen LogP contribution < -0.4 is 10.6 Å². The summed E-state index contributed by atoms with van der Waals surface area (Å²) in [6, 6.07) is 17.2. The highest BCUT2D eigenvalue weighted by atomic mass is 16.3. The zero-order chi connectivity index (χ0) is 26.2. The second-order valence-electron chi connectivity index (χ2n) is 9.32. The van der Waals surface area contributed by atoms with Gasteiger partial charge >= 0.3 is 0 Å². The first-order valence-electron chi connectivity index (χ1n) is 12.6. The monoisotopic (exact) mass is 488 g/mol. The van der Waals surface area contributed by atoms with E-state index in [1.807, 2.05) is 26.0 Å². The molecule has 190 valence electrons. The first-order chi connectivity index (χ1) is 17.3. The molecule has 0 saturated carbocycles. The van der Waals surface area contributed by atoms with Crippen LogP contribution in [0.4, 0.5) is 11.4 Å². The van der Waals surface area contributed by atoms with Crippen molar-refractivity contribution in [3.8, 4) is 11.5 Å². The molecule has 0 aliphatic carbocycles. The molecule has 0 bridgehead atoms. The summed E-state index contributed by atoms with van der Waals surface area (Å²) in [6.07, 6.45) is 3.75. The largest absolute Gasteiger partial charge is 0.507 e. The third kappa shape index (κ3) is 6.06. The Morgan fingerprint density at radius 2 is 1.06 bits per heavy atom. The van der Waals surface area contributed by atoms with Crippen molar-refractivity contribution in [3.63, 3.8) is 0 Å². The van der Waals surface area contributed by atoms with E-state index in [2.05, 4.69) is 24.5 Å². The first kappa shape index (κ1) is 26.8. The van der Waals surface area contributed by atoms with E-state index in [4.69, 9.17) is 0 Å². The molecule has 0 spiro atoms. The molecule has 3 aromatic rings. The number of phenolic OH excluding ortho intramolecular Hbond substituents is 2. The van der Waals surface area contributed by atoms with Gasteiger partial charge in [0, 0.05) is 0 Å². The van der Waals surface area contributed by atoms with Crippen molar-refractivity contribution in [3.05, 3.63) is 82.9 Å². The fourth-order valence-electron chi connectivity index (χ4n) is 4.54. The number of para-hydroxylation sites is 4. The van der Waals surface area contributed by atoms with Crippen LogP contribution in [-0.4, -0.2) is 22.0 Å². The van der Waals surface area contributed by atoms with E-state index >= 15 is 0 Å². The van der Waals surface area contributed by atoms with Gasteiger partial charge < -0.3 is 20.8 Å². The lowest BCUT2D eigenvalue weighted by molar-refractivity contribution is 0.101. The van der Waals surface area contributed by atoms with Crippen molar-refractivity contribution >= 4 is 23.2 Å². The van der Waals surface area contributed by atoms with E-state index in [9.17, 15) is 19.8 Å². The summed E-state index contributed by atoms with van der Waals surface area (Å²) in [5, 5.41) is 27.2. The van der Waals surface area contributed by atoms with Crippen molar-refractivity contribution in [1.29, 1.82) is 0 Å². The van der Waals surface area contributed by atoms with Gasteiger partial charge in [0.05, 0.1) is 22.5 Å². The van der Waals surface area contributed by atoms with Gasteiger partial charge in [-0.05, 0) is 60.1 Å². The number of benzene rings is 3. The Kier molecular flexibility index (Phi) is 9.12. The van der Waals surface area contributed by atoms with E-state index in [-0.39, 0.29) is 34.5 Å². The van der Waals surface area contributed by atoms with Crippen LogP contribution in [0.25, 0.3) is 0 Å².